The first-order chi connectivity index (χ1) is 13.5. The monoisotopic (exact) mass is 402 g/mol. The van der Waals surface area contributed by atoms with Gasteiger partial charge in [0.15, 0.2) is 11.5 Å². The summed E-state index contributed by atoms with van der Waals surface area (Å²) in [6.45, 7) is 0.203. The quantitative estimate of drug-likeness (QED) is 0.705. The van der Waals surface area contributed by atoms with E-state index in [0.29, 0.717) is 22.5 Å². The van der Waals surface area contributed by atoms with Crippen LogP contribution in [-0.2, 0) is 11.4 Å². The zero-order chi connectivity index (χ0) is 19.7. The maximum atomic E-state index is 13.0. The molecule has 3 aromatic rings. The molecule has 4 rings (SSSR count). The number of aromatic nitrogens is 3. The van der Waals surface area contributed by atoms with E-state index in [-0.39, 0.29) is 30.8 Å². The van der Waals surface area contributed by atoms with Crippen LogP contribution in [0.15, 0.2) is 42.7 Å². The number of ether oxygens (including phenoxy) is 2. The van der Waals surface area contributed by atoms with E-state index in [1.807, 2.05) is 0 Å². The molecule has 0 saturated heterocycles. The first-order valence-electron chi connectivity index (χ1n) is 8.49. The Hall–Kier alpha value is -3.13. The fourth-order valence-electron chi connectivity index (χ4n) is 3.07. The number of amides is 1. The number of carbonyl (C=O) groups is 1. The van der Waals surface area contributed by atoms with Gasteiger partial charge in [0.1, 0.15) is 18.8 Å². The third kappa shape index (κ3) is 3.50. The third-order valence-corrected chi connectivity index (χ3v) is 4.71. The average Bonchev–Trinajstić information content (AvgIpc) is 3.15. The third-order valence-electron chi connectivity index (χ3n) is 4.43. The molecule has 1 atom stereocenters. The molecule has 1 aliphatic heterocycles. The fourth-order valence-corrected chi connectivity index (χ4v) is 3.35. The Morgan fingerprint density at radius 2 is 2.11 bits per heavy atom. The molecule has 0 radical (unpaired) electrons. The van der Waals surface area contributed by atoms with Gasteiger partial charge in [0, 0.05) is 0 Å². The minimum atomic E-state index is -0.358. The largest absolute Gasteiger partial charge is 0.493 e. The number of hydrogen-bond acceptors (Lipinski definition) is 5. The summed E-state index contributed by atoms with van der Waals surface area (Å²) in [4.78, 5) is 16.0. The molecule has 7 nitrogen and oxygen atoms in total. The molecule has 1 aromatic heterocycles. The van der Waals surface area contributed by atoms with Gasteiger partial charge in [0.25, 0.3) is 0 Å². The van der Waals surface area contributed by atoms with Crippen LogP contribution in [0.4, 0.5) is 10.3 Å². The van der Waals surface area contributed by atoms with Crippen molar-refractivity contribution in [2.75, 3.05) is 12.4 Å². The van der Waals surface area contributed by atoms with Gasteiger partial charge >= 0.3 is 0 Å². The number of rotatable bonds is 5. The van der Waals surface area contributed by atoms with Crippen molar-refractivity contribution < 1.29 is 18.7 Å². The summed E-state index contributed by atoms with van der Waals surface area (Å²) < 4.78 is 25.9. The van der Waals surface area contributed by atoms with Gasteiger partial charge in [-0.15, -0.1) is 0 Å². The van der Waals surface area contributed by atoms with Gasteiger partial charge in [-0.3, -0.25) is 10.1 Å². The SMILES string of the molecule is COc1cc([C@@H]2CC(=O)Nc3ncnn32)cc(Cl)c1OCc1ccc(F)cc1. The van der Waals surface area contributed by atoms with Crippen LogP contribution in [0.1, 0.15) is 23.6 Å². The molecule has 1 N–H and O–H groups in total. The molecule has 1 aliphatic rings. The van der Waals surface area contributed by atoms with E-state index in [2.05, 4.69) is 15.4 Å². The fraction of sp³-hybridized carbons (Fsp3) is 0.211. The summed E-state index contributed by atoms with van der Waals surface area (Å²) in [6, 6.07) is 9.13. The summed E-state index contributed by atoms with van der Waals surface area (Å²) in [7, 11) is 1.51. The molecule has 0 fully saturated rings. The highest BCUT2D eigenvalue weighted by atomic mass is 35.5. The van der Waals surface area contributed by atoms with Crippen molar-refractivity contribution >= 4 is 23.5 Å². The molecule has 9 heteroatoms. The number of fused-ring (bicyclic) bond motifs is 1. The summed E-state index contributed by atoms with van der Waals surface area (Å²) in [5, 5.41) is 7.19. The van der Waals surface area contributed by atoms with Crippen molar-refractivity contribution in [3.63, 3.8) is 0 Å². The summed E-state index contributed by atoms with van der Waals surface area (Å²) in [6.07, 6.45) is 1.58. The van der Waals surface area contributed by atoms with E-state index < -0.39 is 0 Å². The smallest absolute Gasteiger partial charge is 0.229 e. The van der Waals surface area contributed by atoms with Crippen molar-refractivity contribution in [2.45, 2.75) is 19.1 Å². The Bertz CT molecular complexity index is 1020. The Kier molecular flexibility index (Phi) is 4.87. The predicted molar refractivity (Wildman–Crippen MR) is 100 cm³/mol. The Morgan fingerprint density at radius 3 is 2.86 bits per heavy atom. The first-order valence-corrected chi connectivity index (χ1v) is 8.87. The van der Waals surface area contributed by atoms with Crippen LogP contribution in [0.2, 0.25) is 5.02 Å². The predicted octanol–water partition coefficient (Wildman–Crippen LogP) is 3.59. The van der Waals surface area contributed by atoms with E-state index in [1.54, 1.807) is 28.9 Å². The van der Waals surface area contributed by atoms with Crippen molar-refractivity contribution in [2.24, 2.45) is 0 Å². The van der Waals surface area contributed by atoms with Crippen molar-refractivity contribution in [1.82, 2.24) is 14.8 Å². The van der Waals surface area contributed by atoms with Crippen LogP contribution in [0, 0.1) is 5.82 Å². The number of nitrogens with one attached hydrogen (secondary N) is 1. The zero-order valence-electron chi connectivity index (χ0n) is 14.9. The van der Waals surface area contributed by atoms with E-state index in [0.717, 1.165) is 11.1 Å². The summed E-state index contributed by atoms with van der Waals surface area (Å²) in [5.41, 5.74) is 1.54. The highest BCUT2D eigenvalue weighted by Crippen LogP contribution is 2.40. The van der Waals surface area contributed by atoms with Crippen LogP contribution >= 0.6 is 11.6 Å². The van der Waals surface area contributed by atoms with E-state index in [1.165, 1.54) is 25.6 Å². The second-order valence-corrected chi connectivity index (χ2v) is 6.65. The van der Waals surface area contributed by atoms with Gasteiger partial charge in [-0.25, -0.2) is 9.07 Å². The Morgan fingerprint density at radius 1 is 1.32 bits per heavy atom. The zero-order valence-corrected chi connectivity index (χ0v) is 15.6. The van der Waals surface area contributed by atoms with Gasteiger partial charge in [-0.2, -0.15) is 10.1 Å². The molecule has 2 heterocycles. The van der Waals surface area contributed by atoms with E-state index >= 15 is 0 Å². The molecular formula is C19H16ClFN4O3. The molecule has 0 aliphatic carbocycles. The molecule has 0 spiro atoms. The normalized spacial score (nSPS) is 15.7. The van der Waals surface area contributed by atoms with Crippen LogP contribution in [0.5, 0.6) is 11.5 Å². The number of carbonyl (C=O) groups excluding carboxylic acids is 1. The average molecular weight is 403 g/mol. The van der Waals surface area contributed by atoms with Gasteiger partial charge in [-0.05, 0) is 35.4 Å². The molecule has 28 heavy (non-hydrogen) atoms. The number of hydrogen-bond donors (Lipinski definition) is 1. The van der Waals surface area contributed by atoms with Gasteiger partial charge in [0.2, 0.25) is 11.9 Å². The number of anilines is 1. The number of methoxy groups -OCH3 is 1. The van der Waals surface area contributed by atoms with Crippen LogP contribution in [-0.4, -0.2) is 27.8 Å². The number of halogens is 2. The van der Waals surface area contributed by atoms with Gasteiger partial charge in [-0.1, -0.05) is 23.7 Å². The number of benzene rings is 2. The van der Waals surface area contributed by atoms with Crippen LogP contribution in [0.3, 0.4) is 0 Å². The summed E-state index contributed by atoms with van der Waals surface area (Å²) in [5.74, 6) is 0.714. The highest BCUT2D eigenvalue weighted by Gasteiger charge is 2.29. The highest BCUT2D eigenvalue weighted by molar-refractivity contribution is 6.32. The van der Waals surface area contributed by atoms with Gasteiger partial charge in [0.05, 0.1) is 24.6 Å². The lowest BCUT2D eigenvalue weighted by molar-refractivity contribution is -0.117. The minimum Gasteiger partial charge on any atom is -0.493 e. The standard InChI is InChI=1S/C19H16ClFN4O3/c1-27-16-7-12(15-8-17(26)24-19-22-10-23-25(15)19)6-14(20)18(16)28-9-11-2-4-13(21)5-3-11/h2-7,10,15H,8-9H2,1H3,(H,22,23,24,26)/t15-/m0/s1. The van der Waals surface area contributed by atoms with E-state index in [4.69, 9.17) is 21.1 Å². The lowest BCUT2D eigenvalue weighted by Crippen LogP contribution is -2.29. The lowest BCUT2D eigenvalue weighted by atomic mass is 10.0. The van der Waals surface area contributed by atoms with Crippen LogP contribution < -0.4 is 14.8 Å². The minimum absolute atomic E-state index is 0.155. The topological polar surface area (TPSA) is 78.3 Å². The Labute approximate surface area is 165 Å². The summed E-state index contributed by atoms with van der Waals surface area (Å²) >= 11 is 6.45. The number of nitrogens with zero attached hydrogens (tertiary/aromatic N) is 3. The molecule has 144 valence electrons. The maximum Gasteiger partial charge on any atom is 0.229 e. The molecule has 1 amide bonds. The lowest BCUT2D eigenvalue weighted by Gasteiger charge is -2.24. The second kappa shape index (κ2) is 7.47. The van der Waals surface area contributed by atoms with E-state index in [9.17, 15) is 9.18 Å². The molecule has 2 aromatic carbocycles. The van der Waals surface area contributed by atoms with Crippen molar-refractivity contribution in [1.29, 1.82) is 0 Å². The van der Waals surface area contributed by atoms with Gasteiger partial charge < -0.3 is 9.47 Å². The second-order valence-electron chi connectivity index (χ2n) is 6.25. The first kappa shape index (κ1) is 18.2. The molecule has 0 unspecified atom stereocenters. The molecular weight excluding hydrogens is 387 g/mol. The molecule has 0 bridgehead atoms. The van der Waals surface area contributed by atoms with Crippen molar-refractivity contribution in [3.05, 3.63) is 64.7 Å². The Balaban J connectivity index is 1.63. The maximum absolute atomic E-state index is 13.0. The van der Waals surface area contributed by atoms with Crippen LogP contribution in [0.25, 0.3) is 0 Å². The molecule has 0 saturated carbocycles. The van der Waals surface area contributed by atoms with Crippen molar-refractivity contribution in [3.8, 4) is 11.5 Å².